The van der Waals surface area contributed by atoms with Gasteiger partial charge in [0.1, 0.15) is 11.5 Å². The minimum Gasteiger partial charge on any atom is -1.00 e. The number of hydrogen-bond acceptors (Lipinski definition) is 4. The van der Waals surface area contributed by atoms with E-state index in [1.807, 2.05) is 0 Å². The first-order valence-electron chi connectivity index (χ1n) is 3.57. The van der Waals surface area contributed by atoms with Crippen molar-refractivity contribution in [3.05, 3.63) is 17.3 Å². The molecule has 2 heterocycles. The number of hydrogen-bond donors (Lipinski definition) is 1. The summed E-state index contributed by atoms with van der Waals surface area (Å²) in [5.41, 5.74) is 0.610. The van der Waals surface area contributed by atoms with Gasteiger partial charge in [0.2, 0.25) is 0 Å². The SMILES string of the molecule is O=C(O)c1nc2c(o1)CCOC2.[H-].[Li+]. The van der Waals surface area contributed by atoms with Crippen molar-refractivity contribution in [2.75, 3.05) is 6.61 Å². The Kier molecular flexibility index (Phi) is 3.15. The predicted molar refractivity (Wildman–Crippen MR) is 37.9 cm³/mol. The number of oxazole rings is 1. The summed E-state index contributed by atoms with van der Waals surface area (Å²) in [5, 5.41) is 8.54. The molecule has 0 saturated carbocycles. The molecule has 5 nitrogen and oxygen atoms in total. The fraction of sp³-hybridized carbons (Fsp3) is 0.429. The zero-order chi connectivity index (χ0) is 8.55. The van der Waals surface area contributed by atoms with Crippen LogP contribution < -0.4 is 18.9 Å². The minimum atomic E-state index is -1.13. The molecule has 2 rings (SSSR count). The van der Waals surface area contributed by atoms with Gasteiger partial charge >= 0.3 is 30.7 Å². The van der Waals surface area contributed by atoms with E-state index in [9.17, 15) is 4.79 Å². The monoisotopic (exact) mass is 177 g/mol. The maximum absolute atomic E-state index is 10.4. The predicted octanol–water partition coefficient (Wildman–Crippen LogP) is -2.44. The zero-order valence-electron chi connectivity index (χ0n) is 8.24. The molecule has 1 aliphatic rings. The van der Waals surface area contributed by atoms with Gasteiger partial charge in [-0.05, 0) is 0 Å². The number of ether oxygens (including phenoxy) is 1. The number of nitrogens with zero attached hydrogens (tertiary/aromatic N) is 1. The van der Waals surface area contributed by atoms with Crippen LogP contribution in [0.2, 0.25) is 0 Å². The molecule has 0 aliphatic carbocycles. The van der Waals surface area contributed by atoms with E-state index in [-0.39, 0.29) is 26.2 Å². The Labute approximate surface area is 87.8 Å². The van der Waals surface area contributed by atoms with Crippen LogP contribution in [-0.2, 0) is 17.8 Å². The molecule has 0 fully saturated rings. The van der Waals surface area contributed by atoms with Gasteiger partial charge in [-0.15, -0.1) is 0 Å². The summed E-state index contributed by atoms with van der Waals surface area (Å²) < 4.78 is 10.1. The van der Waals surface area contributed by atoms with Gasteiger partial charge < -0.3 is 15.7 Å². The van der Waals surface area contributed by atoms with E-state index >= 15 is 0 Å². The van der Waals surface area contributed by atoms with E-state index in [2.05, 4.69) is 4.98 Å². The largest absolute Gasteiger partial charge is 1.00 e. The van der Waals surface area contributed by atoms with Gasteiger partial charge in [-0.3, -0.25) is 0 Å². The van der Waals surface area contributed by atoms with Crippen LogP contribution in [0.25, 0.3) is 0 Å². The summed E-state index contributed by atoms with van der Waals surface area (Å²) >= 11 is 0. The third-order valence-corrected chi connectivity index (χ3v) is 1.67. The number of carbonyl (C=O) groups is 1. The van der Waals surface area contributed by atoms with E-state index in [0.717, 1.165) is 0 Å². The van der Waals surface area contributed by atoms with Crippen LogP contribution in [0.4, 0.5) is 0 Å². The first kappa shape index (κ1) is 10.3. The van der Waals surface area contributed by atoms with E-state index in [0.29, 0.717) is 31.1 Å². The maximum Gasteiger partial charge on any atom is 1.00 e. The molecule has 0 radical (unpaired) electrons. The molecule has 13 heavy (non-hydrogen) atoms. The average molecular weight is 177 g/mol. The van der Waals surface area contributed by atoms with Crippen LogP contribution in [0.5, 0.6) is 0 Å². The number of rotatable bonds is 1. The Balaban J connectivity index is 0.000000845. The summed E-state index contributed by atoms with van der Waals surface area (Å²) in [5.74, 6) is -0.742. The maximum atomic E-state index is 10.4. The number of fused-ring (bicyclic) bond motifs is 1. The van der Waals surface area contributed by atoms with Gasteiger partial charge in [-0.2, -0.15) is 0 Å². The van der Waals surface area contributed by atoms with Crippen LogP contribution in [-0.4, -0.2) is 22.7 Å². The molecule has 66 valence electrons. The van der Waals surface area contributed by atoms with Crippen molar-refractivity contribution in [3.8, 4) is 0 Å². The van der Waals surface area contributed by atoms with Crippen molar-refractivity contribution in [1.82, 2.24) is 4.98 Å². The number of carboxylic acids is 1. The molecule has 0 aromatic carbocycles. The van der Waals surface area contributed by atoms with Gasteiger partial charge in [0, 0.05) is 6.42 Å². The van der Waals surface area contributed by atoms with Crippen LogP contribution in [0.1, 0.15) is 23.6 Å². The summed E-state index contributed by atoms with van der Waals surface area (Å²) in [6.07, 6.45) is 0.607. The quantitative estimate of drug-likeness (QED) is 0.482. The van der Waals surface area contributed by atoms with Crippen molar-refractivity contribution in [2.24, 2.45) is 0 Å². The number of aromatic nitrogens is 1. The smallest absolute Gasteiger partial charge is 1.00 e. The molecule has 0 bridgehead atoms. The number of carboxylic acid groups (broad SMARTS) is 1. The van der Waals surface area contributed by atoms with E-state index in [1.165, 1.54) is 0 Å². The second-order valence-electron chi connectivity index (χ2n) is 2.50. The van der Waals surface area contributed by atoms with Crippen LogP contribution in [0, 0.1) is 0 Å². The molecule has 0 spiro atoms. The van der Waals surface area contributed by atoms with Gasteiger partial charge in [0.25, 0.3) is 0 Å². The third-order valence-electron chi connectivity index (χ3n) is 1.67. The molecule has 1 aromatic heterocycles. The Morgan fingerprint density at radius 2 is 2.38 bits per heavy atom. The summed E-state index contributed by atoms with van der Waals surface area (Å²) in [4.78, 5) is 14.2. The summed E-state index contributed by atoms with van der Waals surface area (Å²) in [7, 11) is 0. The van der Waals surface area contributed by atoms with Gasteiger partial charge in [0.15, 0.2) is 0 Å². The molecular weight excluding hydrogens is 169 g/mol. The van der Waals surface area contributed by atoms with Crippen molar-refractivity contribution in [1.29, 1.82) is 0 Å². The molecule has 0 unspecified atom stereocenters. The standard InChI is InChI=1S/C7H7NO4.Li.H/c9-7(10)6-8-4-3-11-2-1-5(4)12-6;;/h1-3H2,(H,9,10);;/q;+1;-1. The van der Waals surface area contributed by atoms with Crippen LogP contribution in [0.3, 0.4) is 0 Å². The topological polar surface area (TPSA) is 72.6 Å². The normalized spacial score (nSPS) is 14.5. The second-order valence-corrected chi connectivity index (χ2v) is 2.50. The molecule has 1 aromatic rings. The second kappa shape index (κ2) is 3.96. The van der Waals surface area contributed by atoms with E-state index < -0.39 is 5.97 Å². The van der Waals surface area contributed by atoms with Gasteiger partial charge in [0.05, 0.1) is 13.2 Å². The zero-order valence-corrected chi connectivity index (χ0v) is 7.24. The Hall–Kier alpha value is -0.763. The molecule has 0 amide bonds. The molecule has 0 atom stereocenters. The molecule has 1 aliphatic heterocycles. The van der Waals surface area contributed by atoms with E-state index in [4.69, 9.17) is 14.3 Å². The van der Waals surface area contributed by atoms with Crippen LogP contribution >= 0.6 is 0 Å². The van der Waals surface area contributed by atoms with Gasteiger partial charge in [-0.1, -0.05) is 0 Å². The van der Waals surface area contributed by atoms with E-state index in [1.54, 1.807) is 0 Å². The molecular formula is C7H8LiNO4. The summed E-state index contributed by atoms with van der Waals surface area (Å²) in [6, 6.07) is 0. The fourth-order valence-corrected chi connectivity index (χ4v) is 1.12. The molecule has 6 heteroatoms. The fourth-order valence-electron chi connectivity index (χ4n) is 1.12. The Morgan fingerprint density at radius 3 is 3.00 bits per heavy atom. The molecule has 0 saturated heterocycles. The van der Waals surface area contributed by atoms with Crippen molar-refractivity contribution in [3.63, 3.8) is 0 Å². The van der Waals surface area contributed by atoms with Gasteiger partial charge in [-0.25, -0.2) is 9.78 Å². The van der Waals surface area contributed by atoms with Crippen molar-refractivity contribution in [2.45, 2.75) is 13.0 Å². The first-order chi connectivity index (χ1) is 5.77. The van der Waals surface area contributed by atoms with Crippen LogP contribution in [0.15, 0.2) is 4.42 Å². The molecule has 1 N–H and O–H groups in total. The number of aromatic carboxylic acids is 1. The van der Waals surface area contributed by atoms with Crippen molar-refractivity contribution < 1.29 is 39.3 Å². The van der Waals surface area contributed by atoms with Crippen molar-refractivity contribution >= 4 is 5.97 Å². The average Bonchev–Trinajstić information content (AvgIpc) is 2.46. The minimum absolute atomic E-state index is 0. The first-order valence-corrected chi connectivity index (χ1v) is 3.57. The Morgan fingerprint density at radius 1 is 1.62 bits per heavy atom. The Bertz CT molecular complexity index is 304. The summed E-state index contributed by atoms with van der Waals surface area (Å²) in [6.45, 7) is 0.924. The third kappa shape index (κ3) is 1.94.